The molecule has 2 aromatic rings. The molecule has 0 unspecified atom stereocenters. The smallest absolute Gasteiger partial charge is 0.243 e. The van der Waals surface area contributed by atoms with Crippen molar-refractivity contribution in [2.24, 2.45) is 5.92 Å². The largest absolute Gasteiger partial charge is 0.493 e. The van der Waals surface area contributed by atoms with Crippen LogP contribution in [-0.4, -0.2) is 46.4 Å². The van der Waals surface area contributed by atoms with E-state index in [2.05, 4.69) is 5.32 Å². The SMILES string of the molecule is O=S(=O)(NCCO)c1cc(F)c(-c2ccc(OCC3CCNCC3)cc2)cc1F. The molecule has 1 fully saturated rings. The lowest BCUT2D eigenvalue weighted by atomic mass is 9.99. The maximum absolute atomic E-state index is 14.5. The summed E-state index contributed by atoms with van der Waals surface area (Å²) in [6.07, 6.45) is 2.12. The maximum atomic E-state index is 14.5. The minimum Gasteiger partial charge on any atom is -0.493 e. The molecule has 1 heterocycles. The van der Waals surface area contributed by atoms with E-state index in [0.29, 0.717) is 29.9 Å². The summed E-state index contributed by atoms with van der Waals surface area (Å²) < 4.78 is 60.7. The predicted octanol–water partition coefficient (Wildman–Crippen LogP) is 2.28. The van der Waals surface area contributed by atoms with E-state index in [9.17, 15) is 17.2 Å². The second-order valence-electron chi connectivity index (χ2n) is 6.91. The van der Waals surface area contributed by atoms with Crippen molar-refractivity contribution in [3.8, 4) is 16.9 Å². The third-order valence-electron chi connectivity index (χ3n) is 4.82. The number of benzene rings is 2. The Labute approximate surface area is 169 Å². The van der Waals surface area contributed by atoms with Gasteiger partial charge in [-0.15, -0.1) is 0 Å². The second-order valence-corrected chi connectivity index (χ2v) is 8.65. The van der Waals surface area contributed by atoms with Crippen LogP contribution in [0.3, 0.4) is 0 Å². The van der Waals surface area contributed by atoms with Crippen LogP contribution in [0.4, 0.5) is 8.78 Å². The third kappa shape index (κ3) is 5.51. The zero-order valence-electron chi connectivity index (χ0n) is 15.8. The number of ether oxygens (including phenoxy) is 1. The normalized spacial score (nSPS) is 15.4. The zero-order chi connectivity index (χ0) is 20.9. The Hall–Kier alpha value is -2.07. The fourth-order valence-corrected chi connectivity index (χ4v) is 4.30. The van der Waals surface area contributed by atoms with Crippen LogP contribution in [0.25, 0.3) is 11.1 Å². The van der Waals surface area contributed by atoms with Crippen LogP contribution >= 0.6 is 0 Å². The average Bonchev–Trinajstić information content (AvgIpc) is 2.73. The van der Waals surface area contributed by atoms with E-state index in [4.69, 9.17) is 9.84 Å². The van der Waals surface area contributed by atoms with E-state index in [-0.39, 0.29) is 12.1 Å². The maximum Gasteiger partial charge on any atom is 0.243 e. The van der Waals surface area contributed by atoms with E-state index in [1.54, 1.807) is 24.3 Å². The van der Waals surface area contributed by atoms with E-state index in [0.717, 1.165) is 32.0 Å². The summed E-state index contributed by atoms with van der Waals surface area (Å²) in [5, 5.41) is 12.0. The van der Waals surface area contributed by atoms with E-state index >= 15 is 0 Å². The van der Waals surface area contributed by atoms with Gasteiger partial charge in [0.25, 0.3) is 0 Å². The third-order valence-corrected chi connectivity index (χ3v) is 6.30. The van der Waals surface area contributed by atoms with Gasteiger partial charge in [-0.25, -0.2) is 21.9 Å². The topological polar surface area (TPSA) is 87.7 Å². The van der Waals surface area contributed by atoms with Crippen molar-refractivity contribution in [3.63, 3.8) is 0 Å². The highest BCUT2D eigenvalue weighted by molar-refractivity contribution is 7.89. The van der Waals surface area contributed by atoms with Crippen molar-refractivity contribution >= 4 is 10.0 Å². The molecule has 0 aliphatic carbocycles. The number of halogens is 2. The molecule has 3 N–H and O–H groups in total. The molecule has 1 aliphatic rings. The molecule has 3 rings (SSSR count). The second kappa shape index (κ2) is 9.62. The van der Waals surface area contributed by atoms with Gasteiger partial charge in [0.2, 0.25) is 10.0 Å². The van der Waals surface area contributed by atoms with Crippen molar-refractivity contribution in [1.29, 1.82) is 0 Å². The molecular weight excluding hydrogens is 402 g/mol. The van der Waals surface area contributed by atoms with E-state index in [1.165, 1.54) is 0 Å². The first-order valence-corrected chi connectivity index (χ1v) is 10.9. The zero-order valence-corrected chi connectivity index (χ0v) is 16.6. The van der Waals surface area contributed by atoms with Gasteiger partial charge in [0.1, 0.15) is 22.3 Å². The number of sulfonamides is 1. The molecule has 0 amide bonds. The highest BCUT2D eigenvalue weighted by Crippen LogP contribution is 2.29. The Morgan fingerprint density at radius 1 is 1.10 bits per heavy atom. The Morgan fingerprint density at radius 3 is 2.45 bits per heavy atom. The van der Waals surface area contributed by atoms with Gasteiger partial charge in [0.15, 0.2) is 0 Å². The average molecular weight is 426 g/mol. The van der Waals surface area contributed by atoms with Gasteiger partial charge in [-0.3, -0.25) is 0 Å². The molecule has 158 valence electrons. The number of nitrogens with one attached hydrogen (secondary N) is 2. The molecule has 2 aromatic carbocycles. The Morgan fingerprint density at radius 2 is 1.79 bits per heavy atom. The molecule has 6 nitrogen and oxygen atoms in total. The van der Waals surface area contributed by atoms with Crippen molar-refractivity contribution in [1.82, 2.24) is 10.0 Å². The number of rotatable bonds is 8. The van der Waals surface area contributed by atoms with Crippen LogP contribution < -0.4 is 14.8 Å². The van der Waals surface area contributed by atoms with Crippen LogP contribution in [0.2, 0.25) is 0 Å². The van der Waals surface area contributed by atoms with Crippen LogP contribution in [0.15, 0.2) is 41.3 Å². The number of aliphatic hydroxyl groups excluding tert-OH is 1. The van der Waals surface area contributed by atoms with Crippen molar-refractivity contribution < 1.29 is 27.0 Å². The lowest BCUT2D eigenvalue weighted by Crippen LogP contribution is -2.30. The van der Waals surface area contributed by atoms with E-state index in [1.807, 2.05) is 4.72 Å². The summed E-state index contributed by atoms with van der Waals surface area (Å²) >= 11 is 0. The molecule has 29 heavy (non-hydrogen) atoms. The highest BCUT2D eigenvalue weighted by atomic mass is 32.2. The van der Waals surface area contributed by atoms with Gasteiger partial charge < -0.3 is 15.2 Å². The predicted molar refractivity (Wildman–Crippen MR) is 105 cm³/mol. The van der Waals surface area contributed by atoms with Crippen molar-refractivity contribution in [2.75, 3.05) is 32.8 Å². The molecule has 0 spiro atoms. The Kier molecular flexibility index (Phi) is 7.18. The Balaban J connectivity index is 1.74. The molecular formula is C20H24F2N2O4S. The first-order valence-electron chi connectivity index (χ1n) is 9.44. The molecule has 0 aromatic heterocycles. The monoisotopic (exact) mass is 426 g/mol. The van der Waals surface area contributed by atoms with Crippen LogP contribution in [-0.2, 0) is 10.0 Å². The van der Waals surface area contributed by atoms with Crippen LogP contribution in [0, 0.1) is 17.6 Å². The summed E-state index contributed by atoms with van der Waals surface area (Å²) in [6, 6.07) is 8.07. The fourth-order valence-electron chi connectivity index (χ4n) is 3.21. The molecule has 1 aliphatic heterocycles. The van der Waals surface area contributed by atoms with Gasteiger partial charge >= 0.3 is 0 Å². The number of hydrogen-bond donors (Lipinski definition) is 3. The van der Waals surface area contributed by atoms with Crippen molar-refractivity contribution in [3.05, 3.63) is 48.0 Å². The van der Waals surface area contributed by atoms with Crippen LogP contribution in [0.1, 0.15) is 12.8 Å². The molecule has 0 bridgehead atoms. The number of hydrogen-bond acceptors (Lipinski definition) is 5. The van der Waals surface area contributed by atoms with Gasteiger partial charge in [0, 0.05) is 12.1 Å². The van der Waals surface area contributed by atoms with Gasteiger partial charge in [-0.2, -0.15) is 0 Å². The molecule has 0 atom stereocenters. The first-order chi connectivity index (χ1) is 13.9. The van der Waals surface area contributed by atoms with Gasteiger partial charge in [-0.1, -0.05) is 12.1 Å². The quantitative estimate of drug-likeness (QED) is 0.603. The lowest BCUT2D eigenvalue weighted by Gasteiger charge is -2.22. The summed E-state index contributed by atoms with van der Waals surface area (Å²) in [7, 11) is -4.25. The Bertz CT molecular complexity index is 930. The highest BCUT2D eigenvalue weighted by Gasteiger charge is 2.22. The molecule has 9 heteroatoms. The molecule has 0 saturated carbocycles. The number of piperidine rings is 1. The lowest BCUT2D eigenvalue weighted by molar-refractivity contribution is 0.215. The van der Waals surface area contributed by atoms with Crippen LogP contribution in [0.5, 0.6) is 5.75 Å². The van der Waals surface area contributed by atoms with Crippen molar-refractivity contribution in [2.45, 2.75) is 17.7 Å². The minimum atomic E-state index is -4.25. The molecule has 0 radical (unpaired) electrons. The van der Waals surface area contributed by atoms with Gasteiger partial charge in [0.05, 0.1) is 13.2 Å². The minimum absolute atomic E-state index is 0.0477. The first kappa shape index (κ1) is 21.6. The fraction of sp³-hybridized carbons (Fsp3) is 0.400. The standard InChI is InChI=1S/C20H24F2N2O4S/c21-18-12-20(29(26,27)24-9-10-25)19(22)11-17(18)15-1-3-16(4-2-15)28-13-14-5-7-23-8-6-14/h1-4,11-12,14,23-25H,5-10,13H2. The summed E-state index contributed by atoms with van der Waals surface area (Å²) in [5.41, 5.74) is 0.358. The summed E-state index contributed by atoms with van der Waals surface area (Å²) in [6.45, 7) is 1.84. The summed E-state index contributed by atoms with van der Waals surface area (Å²) in [4.78, 5) is -0.797. The van der Waals surface area contributed by atoms with Gasteiger partial charge in [-0.05, 0) is 61.7 Å². The summed E-state index contributed by atoms with van der Waals surface area (Å²) in [5.74, 6) is -0.797. The molecule has 1 saturated heterocycles. The number of aliphatic hydroxyl groups is 1. The van der Waals surface area contributed by atoms with E-state index < -0.39 is 33.2 Å².